The zero-order chi connectivity index (χ0) is 16.4. The van der Waals surface area contributed by atoms with Gasteiger partial charge in [-0.2, -0.15) is 4.52 Å². The quantitative estimate of drug-likeness (QED) is 0.700. The Balaban J connectivity index is 1.23. The van der Waals surface area contributed by atoms with Gasteiger partial charge in [0.25, 0.3) is 0 Å². The Bertz CT molecular complexity index is 807. The molecule has 0 atom stereocenters. The number of aryl methyl sites for hydroxylation is 1. The topological polar surface area (TPSA) is 58.4 Å². The molecule has 1 fully saturated rings. The first kappa shape index (κ1) is 15.1. The molecule has 2 aromatic heterocycles. The van der Waals surface area contributed by atoms with Gasteiger partial charge in [0.05, 0.1) is 0 Å². The van der Waals surface area contributed by atoms with Crippen LogP contribution >= 0.6 is 0 Å². The van der Waals surface area contributed by atoms with Gasteiger partial charge in [0.15, 0.2) is 11.5 Å². The molecule has 124 valence electrons. The first-order chi connectivity index (χ1) is 11.8. The van der Waals surface area contributed by atoms with Crippen LogP contribution in [0.25, 0.3) is 5.65 Å². The molecule has 0 unspecified atom stereocenters. The van der Waals surface area contributed by atoms with Crippen molar-refractivity contribution in [1.82, 2.24) is 25.1 Å². The molecule has 1 saturated heterocycles. The van der Waals surface area contributed by atoms with Gasteiger partial charge in [0.2, 0.25) is 0 Å². The van der Waals surface area contributed by atoms with E-state index in [0.29, 0.717) is 5.92 Å². The second kappa shape index (κ2) is 6.57. The minimum atomic E-state index is 0.695. The highest BCUT2D eigenvalue weighted by Gasteiger charge is 2.27. The Labute approximate surface area is 141 Å². The van der Waals surface area contributed by atoms with Gasteiger partial charge in [-0.15, -0.1) is 15.3 Å². The van der Waals surface area contributed by atoms with E-state index >= 15 is 0 Å². The van der Waals surface area contributed by atoms with Crippen LogP contribution in [0.2, 0.25) is 0 Å². The summed E-state index contributed by atoms with van der Waals surface area (Å²) >= 11 is 0. The van der Waals surface area contributed by atoms with Crippen LogP contribution in [0, 0.1) is 12.8 Å². The summed E-state index contributed by atoms with van der Waals surface area (Å²) in [7, 11) is 0. The maximum absolute atomic E-state index is 4.62. The van der Waals surface area contributed by atoms with Gasteiger partial charge in [-0.1, -0.05) is 30.3 Å². The highest BCUT2D eigenvalue weighted by atomic mass is 15.4. The number of hydrogen-bond acceptors (Lipinski definition) is 5. The van der Waals surface area contributed by atoms with Crippen molar-refractivity contribution >= 4 is 11.5 Å². The second-order valence-corrected chi connectivity index (χ2v) is 6.42. The lowest BCUT2D eigenvalue weighted by Gasteiger charge is -2.40. The van der Waals surface area contributed by atoms with Crippen molar-refractivity contribution < 1.29 is 0 Å². The van der Waals surface area contributed by atoms with Gasteiger partial charge in [0.1, 0.15) is 5.82 Å². The Kier molecular flexibility index (Phi) is 4.13. The minimum absolute atomic E-state index is 0.695. The molecule has 0 saturated carbocycles. The molecule has 1 aromatic carbocycles. The predicted molar refractivity (Wildman–Crippen MR) is 94.2 cm³/mol. The molecule has 24 heavy (non-hydrogen) atoms. The largest absolute Gasteiger partial charge is 0.354 e. The van der Waals surface area contributed by atoms with Crippen molar-refractivity contribution in [3.05, 3.63) is 53.9 Å². The van der Waals surface area contributed by atoms with Crippen LogP contribution in [-0.2, 0) is 6.42 Å². The van der Waals surface area contributed by atoms with Crippen molar-refractivity contribution in [3.63, 3.8) is 0 Å². The predicted octanol–water partition coefficient (Wildman–Crippen LogP) is 1.70. The lowest BCUT2D eigenvalue weighted by atomic mass is 10.00. The third-order valence-corrected chi connectivity index (χ3v) is 4.55. The Morgan fingerprint density at radius 1 is 1.08 bits per heavy atom. The number of rotatable bonds is 6. The van der Waals surface area contributed by atoms with Crippen LogP contribution < -0.4 is 10.2 Å². The molecule has 1 aliphatic heterocycles. The van der Waals surface area contributed by atoms with Crippen molar-refractivity contribution in [2.45, 2.75) is 13.3 Å². The van der Waals surface area contributed by atoms with Crippen molar-refractivity contribution in [1.29, 1.82) is 0 Å². The van der Waals surface area contributed by atoms with Crippen LogP contribution in [0.15, 0.2) is 42.5 Å². The molecular weight excluding hydrogens is 300 g/mol. The van der Waals surface area contributed by atoms with E-state index in [0.717, 1.165) is 49.9 Å². The first-order valence-corrected chi connectivity index (χ1v) is 8.48. The summed E-state index contributed by atoms with van der Waals surface area (Å²) in [5.74, 6) is 2.53. The van der Waals surface area contributed by atoms with Crippen LogP contribution in [0.1, 0.15) is 11.4 Å². The molecular formula is C18H22N6. The summed E-state index contributed by atoms with van der Waals surface area (Å²) in [5, 5.41) is 16.3. The average molecular weight is 322 g/mol. The molecule has 0 amide bonds. The van der Waals surface area contributed by atoms with Gasteiger partial charge in [-0.05, 0) is 37.6 Å². The van der Waals surface area contributed by atoms with Crippen LogP contribution in [-0.4, -0.2) is 46.0 Å². The van der Waals surface area contributed by atoms with Gasteiger partial charge >= 0.3 is 0 Å². The first-order valence-electron chi connectivity index (χ1n) is 8.48. The lowest BCUT2D eigenvalue weighted by Crippen LogP contribution is -2.51. The molecule has 0 bridgehead atoms. The number of aromatic nitrogens is 4. The number of fused-ring (bicyclic) bond motifs is 1. The maximum atomic E-state index is 4.62. The summed E-state index contributed by atoms with van der Waals surface area (Å²) in [6.07, 6.45) is 1.09. The zero-order valence-corrected chi connectivity index (χ0v) is 13.9. The maximum Gasteiger partial charge on any atom is 0.178 e. The lowest BCUT2D eigenvalue weighted by molar-refractivity contribution is 0.383. The zero-order valence-electron chi connectivity index (χ0n) is 13.9. The van der Waals surface area contributed by atoms with E-state index in [4.69, 9.17) is 0 Å². The van der Waals surface area contributed by atoms with Crippen LogP contribution in [0.4, 0.5) is 5.82 Å². The third kappa shape index (κ3) is 3.10. The second-order valence-electron chi connectivity index (χ2n) is 6.42. The fraction of sp³-hybridized carbons (Fsp3) is 0.389. The van der Waals surface area contributed by atoms with Crippen molar-refractivity contribution in [2.24, 2.45) is 5.92 Å². The molecule has 0 spiro atoms. The average Bonchev–Trinajstić information content (AvgIpc) is 2.95. The summed E-state index contributed by atoms with van der Waals surface area (Å²) < 4.78 is 1.81. The summed E-state index contributed by atoms with van der Waals surface area (Å²) in [6.45, 7) is 6.13. The minimum Gasteiger partial charge on any atom is -0.354 e. The fourth-order valence-corrected chi connectivity index (χ4v) is 3.12. The van der Waals surface area contributed by atoms with Gasteiger partial charge in [-0.3, -0.25) is 0 Å². The molecule has 4 rings (SSSR count). The summed E-state index contributed by atoms with van der Waals surface area (Å²) in [4.78, 5) is 2.31. The smallest absolute Gasteiger partial charge is 0.178 e. The SMILES string of the molecule is Cc1nnc2ccc(N3CC(CNCCc4ccccc4)C3)nn12. The normalized spacial score (nSPS) is 15.0. The van der Waals surface area contributed by atoms with E-state index in [-0.39, 0.29) is 0 Å². The molecule has 6 heteroatoms. The fourth-order valence-electron chi connectivity index (χ4n) is 3.12. The van der Waals surface area contributed by atoms with Crippen molar-refractivity contribution in [2.75, 3.05) is 31.1 Å². The van der Waals surface area contributed by atoms with E-state index in [9.17, 15) is 0 Å². The van der Waals surface area contributed by atoms with E-state index in [1.54, 1.807) is 4.52 Å². The Morgan fingerprint density at radius 2 is 1.92 bits per heavy atom. The van der Waals surface area contributed by atoms with Gasteiger partial charge in [0, 0.05) is 25.6 Å². The molecule has 1 N–H and O–H groups in total. The third-order valence-electron chi connectivity index (χ3n) is 4.55. The number of nitrogens with one attached hydrogen (secondary N) is 1. The van der Waals surface area contributed by atoms with E-state index in [1.165, 1.54) is 5.56 Å². The van der Waals surface area contributed by atoms with Crippen LogP contribution in [0.3, 0.4) is 0 Å². The number of nitrogens with zero attached hydrogens (tertiary/aromatic N) is 5. The molecule has 0 radical (unpaired) electrons. The van der Waals surface area contributed by atoms with E-state index in [2.05, 4.69) is 55.8 Å². The highest BCUT2D eigenvalue weighted by Crippen LogP contribution is 2.22. The summed E-state index contributed by atoms with van der Waals surface area (Å²) in [6, 6.07) is 14.6. The highest BCUT2D eigenvalue weighted by molar-refractivity contribution is 5.47. The van der Waals surface area contributed by atoms with E-state index in [1.807, 2.05) is 19.1 Å². The molecule has 0 aliphatic carbocycles. The molecule has 1 aliphatic rings. The van der Waals surface area contributed by atoms with E-state index < -0.39 is 0 Å². The summed E-state index contributed by atoms with van der Waals surface area (Å²) in [5.41, 5.74) is 2.19. The molecule has 6 nitrogen and oxygen atoms in total. The Hall–Kier alpha value is -2.47. The molecule has 3 aromatic rings. The van der Waals surface area contributed by atoms with Crippen molar-refractivity contribution in [3.8, 4) is 0 Å². The van der Waals surface area contributed by atoms with Gasteiger partial charge < -0.3 is 10.2 Å². The Morgan fingerprint density at radius 3 is 2.75 bits per heavy atom. The number of benzene rings is 1. The monoisotopic (exact) mass is 322 g/mol. The number of hydrogen-bond donors (Lipinski definition) is 1. The molecule has 3 heterocycles. The van der Waals surface area contributed by atoms with Gasteiger partial charge in [-0.25, -0.2) is 0 Å². The number of anilines is 1. The van der Waals surface area contributed by atoms with Crippen LogP contribution in [0.5, 0.6) is 0 Å². The standard InChI is InChI=1S/C18H22N6/c1-14-20-21-17-7-8-18(22-24(14)17)23-12-16(13-23)11-19-10-9-15-5-3-2-4-6-15/h2-8,16,19H,9-13H2,1H3.